The molecule has 1 aromatic heterocycles. The fraction of sp³-hybridized carbons (Fsp3) is 0.636. The third-order valence-corrected chi connectivity index (χ3v) is 2.43. The second-order valence-electron chi connectivity index (χ2n) is 3.95. The summed E-state index contributed by atoms with van der Waals surface area (Å²) in [5.41, 5.74) is 0. The molecule has 1 rings (SSSR count). The Morgan fingerprint density at radius 1 is 1.47 bits per heavy atom. The molecule has 96 valence electrons. The standard InChI is InChI=1S/C11H18BrN3O2/c1-8(2)7-17-5-4-13-11-14-6-9(12)10(15-11)16-3/h6,8H,4-5,7H2,1-3H3,(H,13,14,15). The zero-order valence-corrected chi connectivity index (χ0v) is 12.0. The normalized spacial score (nSPS) is 10.6. The van der Waals surface area contributed by atoms with Gasteiger partial charge in [0.2, 0.25) is 11.8 Å². The number of hydrogen-bond acceptors (Lipinski definition) is 5. The number of halogens is 1. The minimum Gasteiger partial charge on any atom is -0.480 e. The average molecular weight is 304 g/mol. The van der Waals surface area contributed by atoms with Crippen LogP contribution in [-0.2, 0) is 4.74 Å². The summed E-state index contributed by atoms with van der Waals surface area (Å²) in [6.45, 7) is 6.33. The first-order valence-electron chi connectivity index (χ1n) is 5.51. The van der Waals surface area contributed by atoms with Gasteiger partial charge in [0.25, 0.3) is 0 Å². The van der Waals surface area contributed by atoms with Crippen LogP contribution in [0.5, 0.6) is 5.88 Å². The highest BCUT2D eigenvalue weighted by atomic mass is 79.9. The van der Waals surface area contributed by atoms with Gasteiger partial charge in [-0.3, -0.25) is 0 Å². The zero-order valence-electron chi connectivity index (χ0n) is 10.4. The van der Waals surface area contributed by atoms with Gasteiger partial charge in [-0.05, 0) is 21.8 Å². The number of methoxy groups -OCH3 is 1. The molecule has 1 aromatic rings. The van der Waals surface area contributed by atoms with Gasteiger partial charge in [0.15, 0.2) is 0 Å². The van der Waals surface area contributed by atoms with Crippen molar-refractivity contribution in [1.29, 1.82) is 0 Å². The molecular formula is C11H18BrN3O2. The van der Waals surface area contributed by atoms with Crippen molar-refractivity contribution in [3.8, 4) is 5.88 Å². The van der Waals surface area contributed by atoms with Gasteiger partial charge in [-0.25, -0.2) is 4.98 Å². The van der Waals surface area contributed by atoms with Gasteiger partial charge in [0, 0.05) is 13.2 Å². The Morgan fingerprint density at radius 3 is 2.88 bits per heavy atom. The van der Waals surface area contributed by atoms with Crippen molar-refractivity contribution in [2.45, 2.75) is 13.8 Å². The molecule has 0 aliphatic rings. The minimum atomic E-state index is 0.519. The maximum absolute atomic E-state index is 5.44. The Bertz CT molecular complexity index is 347. The summed E-state index contributed by atoms with van der Waals surface area (Å²) in [5, 5.41) is 3.07. The van der Waals surface area contributed by atoms with Gasteiger partial charge >= 0.3 is 0 Å². The topological polar surface area (TPSA) is 56.3 Å². The molecule has 0 aliphatic heterocycles. The lowest BCUT2D eigenvalue weighted by atomic mass is 10.2. The molecule has 1 N–H and O–H groups in total. The van der Waals surface area contributed by atoms with Crippen LogP contribution < -0.4 is 10.1 Å². The molecule has 1 heterocycles. The Morgan fingerprint density at radius 2 is 2.24 bits per heavy atom. The zero-order chi connectivity index (χ0) is 12.7. The number of anilines is 1. The molecule has 0 atom stereocenters. The quantitative estimate of drug-likeness (QED) is 0.784. The SMILES string of the molecule is COc1nc(NCCOCC(C)C)ncc1Br. The van der Waals surface area contributed by atoms with Gasteiger partial charge < -0.3 is 14.8 Å². The van der Waals surface area contributed by atoms with Crippen molar-refractivity contribution in [3.05, 3.63) is 10.7 Å². The Hall–Kier alpha value is -0.880. The third kappa shape index (κ3) is 5.32. The second kappa shape index (κ2) is 7.45. The average Bonchev–Trinajstić information content (AvgIpc) is 2.30. The van der Waals surface area contributed by atoms with Crippen LogP contribution in [-0.4, -0.2) is 36.8 Å². The van der Waals surface area contributed by atoms with Gasteiger partial charge in [-0.2, -0.15) is 4.98 Å². The van der Waals surface area contributed by atoms with E-state index < -0.39 is 0 Å². The summed E-state index contributed by atoms with van der Waals surface area (Å²) in [6, 6.07) is 0. The number of hydrogen-bond donors (Lipinski definition) is 1. The van der Waals surface area contributed by atoms with E-state index in [1.165, 1.54) is 0 Å². The number of rotatable bonds is 7. The van der Waals surface area contributed by atoms with Crippen molar-refractivity contribution in [3.63, 3.8) is 0 Å². The lowest BCUT2D eigenvalue weighted by Gasteiger charge is -2.09. The summed E-state index contributed by atoms with van der Waals surface area (Å²) >= 11 is 3.30. The molecular weight excluding hydrogens is 286 g/mol. The van der Waals surface area contributed by atoms with E-state index in [0.717, 1.165) is 11.1 Å². The molecule has 0 fully saturated rings. The van der Waals surface area contributed by atoms with E-state index in [9.17, 15) is 0 Å². The second-order valence-corrected chi connectivity index (χ2v) is 4.80. The molecule has 0 aliphatic carbocycles. The van der Waals surface area contributed by atoms with E-state index in [4.69, 9.17) is 9.47 Å². The van der Waals surface area contributed by atoms with E-state index in [0.29, 0.717) is 30.9 Å². The van der Waals surface area contributed by atoms with Crippen LogP contribution in [0.25, 0.3) is 0 Å². The molecule has 17 heavy (non-hydrogen) atoms. The van der Waals surface area contributed by atoms with Crippen LogP contribution in [0.1, 0.15) is 13.8 Å². The van der Waals surface area contributed by atoms with E-state index in [1.54, 1.807) is 13.3 Å². The molecule has 5 nitrogen and oxygen atoms in total. The summed E-state index contributed by atoms with van der Waals surface area (Å²) < 4.78 is 11.3. The van der Waals surface area contributed by atoms with Crippen molar-refractivity contribution in [2.75, 3.05) is 32.2 Å². The highest BCUT2D eigenvalue weighted by Gasteiger charge is 2.04. The van der Waals surface area contributed by atoms with Crippen molar-refractivity contribution < 1.29 is 9.47 Å². The monoisotopic (exact) mass is 303 g/mol. The summed E-state index contributed by atoms with van der Waals surface area (Å²) in [6.07, 6.45) is 1.66. The van der Waals surface area contributed by atoms with E-state index >= 15 is 0 Å². The summed E-state index contributed by atoms with van der Waals surface area (Å²) in [5.74, 6) is 1.61. The molecule has 0 radical (unpaired) electrons. The van der Waals surface area contributed by atoms with Gasteiger partial charge in [0.1, 0.15) is 0 Å². The van der Waals surface area contributed by atoms with Crippen molar-refractivity contribution in [1.82, 2.24) is 9.97 Å². The van der Waals surface area contributed by atoms with Crippen LogP contribution in [0, 0.1) is 5.92 Å². The Kier molecular flexibility index (Phi) is 6.21. The van der Waals surface area contributed by atoms with Crippen molar-refractivity contribution in [2.24, 2.45) is 5.92 Å². The fourth-order valence-electron chi connectivity index (χ4n) is 1.13. The van der Waals surface area contributed by atoms with E-state index in [1.807, 2.05) is 0 Å². The number of nitrogens with one attached hydrogen (secondary N) is 1. The first-order chi connectivity index (χ1) is 8.13. The first-order valence-corrected chi connectivity index (χ1v) is 6.31. The fourth-order valence-corrected chi connectivity index (χ4v) is 1.49. The maximum atomic E-state index is 5.44. The van der Waals surface area contributed by atoms with Crippen LogP contribution in [0.15, 0.2) is 10.7 Å². The van der Waals surface area contributed by atoms with Crippen LogP contribution in [0.4, 0.5) is 5.95 Å². The van der Waals surface area contributed by atoms with Crippen LogP contribution >= 0.6 is 15.9 Å². The van der Waals surface area contributed by atoms with Crippen LogP contribution in [0.2, 0.25) is 0 Å². The summed E-state index contributed by atoms with van der Waals surface area (Å²) in [7, 11) is 1.57. The van der Waals surface area contributed by atoms with E-state index in [-0.39, 0.29) is 0 Å². The first kappa shape index (κ1) is 14.2. The third-order valence-electron chi connectivity index (χ3n) is 1.89. The van der Waals surface area contributed by atoms with Crippen LogP contribution in [0.3, 0.4) is 0 Å². The minimum absolute atomic E-state index is 0.519. The highest BCUT2D eigenvalue weighted by molar-refractivity contribution is 9.10. The smallest absolute Gasteiger partial charge is 0.232 e. The number of aromatic nitrogens is 2. The Labute approximate surface area is 110 Å². The molecule has 0 saturated heterocycles. The largest absolute Gasteiger partial charge is 0.480 e. The lowest BCUT2D eigenvalue weighted by Crippen LogP contribution is -2.13. The predicted octanol–water partition coefficient (Wildman–Crippen LogP) is 2.33. The molecule has 0 bridgehead atoms. The van der Waals surface area contributed by atoms with E-state index in [2.05, 4.69) is 45.1 Å². The molecule has 0 spiro atoms. The molecule has 0 aromatic carbocycles. The molecule has 0 unspecified atom stereocenters. The van der Waals surface area contributed by atoms with Gasteiger partial charge in [0.05, 0.1) is 24.4 Å². The summed E-state index contributed by atoms with van der Waals surface area (Å²) in [4.78, 5) is 8.29. The molecule has 6 heteroatoms. The predicted molar refractivity (Wildman–Crippen MR) is 70.4 cm³/mol. The van der Waals surface area contributed by atoms with Crippen molar-refractivity contribution >= 4 is 21.9 Å². The van der Waals surface area contributed by atoms with Gasteiger partial charge in [-0.15, -0.1) is 0 Å². The maximum Gasteiger partial charge on any atom is 0.232 e. The lowest BCUT2D eigenvalue weighted by molar-refractivity contribution is 0.118. The Balaban J connectivity index is 2.32. The molecule has 0 amide bonds. The number of nitrogens with zero attached hydrogens (tertiary/aromatic N) is 2. The highest BCUT2D eigenvalue weighted by Crippen LogP contribution is 2.21. The van der Waals surface area contributed by atoms with Gasteiger partial charge in [-0.1, -0.05) is 13.8 Å². The molecule has 0 saturated carbocycles. The number of ether oxygens (including phenoxy) is 2.